The van der Waals surface area contributed by atoms with Crippen LogP contribution in [0.3, 0.4) is 0 Å². The van der Waals surface area contributed by atoms with Crippen molar-refractivity contribution in [3.63, 3.8) is 0 Å². The summed E-state index contributed by atoms with van der Waals surface area (Å²) < 4.78 is 12.4. The number of carbonyl (C=O) groups excluding carboxylic acids is 1. The maximum Gasteiger partial charge on any atom is 0.214 e. The third kappa shape index (κ3) is 3.63. The number of benzene rings is 2. The van der Waals surface area contributed by atoms with Crippen LogP contribution in [0.4, 0.5) is 0 Å². The van der Waals surface area contributed by atoms with Crippen LogP contribution in [0.5, 0.6) is 11.5 Å². The van der Waals surface area contributed by atoms with E-state index in [4.69, 9.17) is 9.47 Å². The van der Waals surface area contributed by atoms with Crippen LogP contribution in [0.2, 0.25) is 0 Å². The molecule has 25 heavy (non-hydrogen) atoms. The van der Waals surface area contributed by atoms with Gasteiger partial charge in [0.2, 0.25) is 5.16 Å². The Bertz CT molecular complexity index is 882. The van der Waals surface area contributed by atoms with Gasteiger partial charge >= 0.3 is 0 Å². The molecule has 3 rings (SSSR count). The van der Waals surface area contributed by atoms with Crippen LogP contribution in [0.15, 0.2) is 47.6 Å². The predicted octanol–water partition coefficient (Wildman–Crippen LogP) is 2.78. The van der Waals surface area contributed by atoms with Gasteiger partial charge in [-0.1, -0.05) is 23.9 Å². The fraction of sp³-hybridized carbons (Fsp3) is 0.176. The first-order chi connectivity index (χ1) is 12.3. The second-order valence-corrected chi connectivity index (χ2v) is 5.97. The van der Waals surface area contributed by atoms with Crippen molar-refractivity contribution in [3.8, 4) is 17.2 Å². The summed E-state index contributed by atoms with van der Waals surface area (Å²) in [5, 5.41) is 12.5. The largest absolute Gasteiger partial charge is 0.496 e. The molecule has 2 aromatic carbocycles. The van der Waals surface area contributed by atoms with Gasteiger partial charge in [0.1, 0.15) is 23.5 Å². The molecule has 0 unspecified atom stereocenters. The first kappa shape index (κ1) is 17.0. The number of hydrogen-bond acceptors (Lipinski definition) is 7. The number of aromatic nitrogens is 4. The minimum Gasteiger partial charge on any atom is -0.496 e. The highest BCUT2D eigenvalue weighted by atomic mass is 32.2. The first-order valence-corrected chi connectivity index (χ1v) is 8.42. The van der Waals surface area contributed by atoms with E-state index in [0.717, 1.165) is 23.3 Å². The van der Waals surface area contributed by atoms with Gasteiger partial charge in [-0.15, -0.1) is 5.10 Å². The Morgan fingerprint density at radius 2 is 1.92 bits per heavy atom. The molecule has 0 atom stereocenters. The molecular formula is C17H16N4O3S. The summed E-state index contributed by atoms with van der Waals surface area (Å²) >= 11 is 1.44. The van der Waals surface area contributed by atoms with Crippen molar-refractivity contribution in [1.82, 2.24) is 20.2 Å². The van der Waals surface area contributed by atoms with Crippen molar-refractivity contribution < 1.29 is 14.3 Å². The Labute approximate surface area is 149 Å². The number of rotatable bonds is 7. The lowest BCUT2D eigenvalue weighted by atomic mass is 10.1. The average Bonchev–Trinajstić information content (AvgIpc) is 3.14. The van der Waals surface area contributed by atoms with Gasteiger partial charge < -0.3 is 9.47 Å². The SMILES string of the molecule is COc1ccc(C=O)cc1CSc1nnnn1-c1ccccc1OC. The van der Waals surface area contributed by atoms with Crippen molar-refractivity contribution in [1.29, 1.82) is 0 Å². The highest BCUT2D eigenvalue weighted by molar-refractivity contribution is 7.98. The molecule has 1 heterocycles. The normalized spacial score (nSPS) is 10.5. The molecule has 8 heteroatoms. The third-order valence-electron chi connectivity index (χ3n) is 3.55. The first-order valence-electron chi connectivity index (χ1n) is 7.43. The molecule has 0 aliphatic heterocycles. The number of aldehydes is 1. The van der Waals surface area contributed by atoms with E-state index in [0.29, 0.717) is 22.2 Å². The molecule has 0 spiro atoms. The zero-order chi connectivity index (χ0) is 17.6. The van der Waals surface area contributed by atoms with Crippen LogP contribution in [0.25, 0.3) is 5.69 Å². The minimum atomic E-state index is 0.556. The summed E-state index contributed by atoms with van der Waals surface area (Å²) in [7, 11) is 3.20. The lowest BCUT2D eigenvalue weighted by Gasteiger charge is -2.10. The Morgan fingerprint density at radius 3 is 2.68 bits per heavy atom. The van der Waals surface area contributed by atoms with Gasteiger partial charge in [-0.25, -0.2) is 0 Å². The molecule has 0 aliphatic carbocycles. The predicted molar refractivity (Wildman–Crippen MR) is 93.6 cm³/mol. The lowest BCUT2D eigenvalue weighted by Crippen LogP contribution is -2.02. The van der Waals surface area contributed by atoms with Gasteiger partial charge in [0, 0.05) is 16.9 Å². The van der Waals surface area contributed by atoms with E-state index in [1.54, 1.807) is 37.1 Å². The van der Waals surface area contributed by atoms with Crippen molar-refractivity contribution in [2.45, 2.75) is 10.9 Å². The van der Waals surface area contributed by atoms with Crippen molar-refractivity contribution in [2.24, 2.45) is 0 Å². The molecule has 0 amide bonds. The van der Waals surface area contributed by atoms with Crippen molar-refractivity contribution in [3.05, 3.63) is 53.6 Å². The molecule has 7 nitrogen and oxygen atoms in total. The van der Waals surface area contributed by atoms with Crippen molar-refractivity contribution >= 4 is 18.0 Å². The Kier molecular flexibility index (Phi) is 5.30. The fourth-order valence-corrected chi connectivity index (χ4v) is 3.21. The molecule has 0 N–H and O–H groups in total. The summed E-state index contributed by atoms with van der Waals surface area (Å²) in [5.41, 5.74) is 2.25. The van der Waals surface area contributed by atoms with E-state index in [9.17, 15) is 4.79 Å². The molecule has 0 saturated carbocycles. The fourth-order valence-electron chi connectivity index (χ4n) is 2.35. The highest BCUT2D eigenvalue weighted by Crippen LogP contribution is 2.30. The van der Waals surface area contributed by atoms with Crippen LogP contribution in [-0.2, 0) is 5.75 Å². The number of tetrazole rings is 1. The number of para-hydroxylation sites is 2. The molecule has 0 bridgehead atoms. The minimum absolute atomic E-state index is 0.556. The van der Waals surface area contributed by atoms with E-state index in [1.807, 2.05) is 24.3 Å². The molecule has 1 aromatic heterocycles. The Morgan fingerprint density at radius 1 is 1.12 bits per heavy atom. The van der Waals surface area contributed by atoms with E-state index in [2.05, 4.69) is 15.5 Å². The molecule has 0 saturated heterocycles. The number of thioether (sulfide) groups is 1. The number of hydrogen-bond donors (Lipinski definition) is 0. The molecule has 0 fully saturated rings. The van der Waals surface area contributed by atoms with E-state index in [-0.39, 0.29) is 0 Å². The maximum atomic E-state index is 11.0. The topological polar surface area (TPSA) is 79.1 Å². The number of ether oxygens (including phenoxy) is 2. The number of nitrogens with zero attached hydrogens (tertiary/aromatic N) is 4. The zero-order valence-corrected chi connectivity index (χ0v) is 14.6. The van der Waals surface area contributed by atoms with E-state index >= 15 is 0 Å². The average molecular weight is 356 g/mol. The summed E-state index contributed by atoms with van der Waals surface area (Å²) in [6.07, 6.45) is 0.812. The van der Waals surface area contributed by atoms with Gasteiger partial charge in [-0.3, -0.25) is 4.79 Å². The van der Waals surface area contributed by atoms with Crippen LogP contribution < -0.4 is 9.47 Å². The van der Waals surface area contributed by atoms with Crippen molar-refractivity contribution in [2.75, 3.05) is 14.2 Å². The van der Waals surface area contributed by atoms with Gasteiger partial charge in [-0.2, -0.15) is 4.68 Å². The molecule has 0 radical (unpaired) electrons. The van der Waals surface area contributed by atoms with Crippen LogP contribution in [0.1, 0.15) is 15.9 Å². The summed E-state index contributed by atoms with van der Waals surface area (Å²) in [5.74, 6) is 1.95. The van der Waals surface area contributed by atoms with Gasteiger partial charge in [0.15, 0.2) is 0 Å². The quantitative estimate of drug-likeness (QED) is 0.476. The summed E-state index contributed by atoms with van der Waals surface area (Å²) in [6.45, 7) is 0. The number of carbonyl (C=O) groups is 1. The van der Waals surface area contributed by atoms with E-state index in [1.165, 1.54) is 11.8 Å². The summed E-state index contributed by atoms with van der Waals surface area (Å²) in [4.78, 5) is 11.0. The van der Waals surface area contributed by atoms with Crippen LogP contribution >= 0.6 is 11.8 Å². The highest BCUT2D eigenvalue weighted by Gasteiger charge is 2.14. The van der Waals surface area contributed by atoms with Gasteiger partial charge in [-0.05, 0) is 40.8 Å². The van der Waals surface area contributed by atoms with Gasteiger partial charge in [0.05, 0.1) is 14.2 Å². The smallest absolute Gasteiger partial charge is 0.214 e. The molecule has 0 aliphatic rings. The van der Waals surface area contributed by atoms with E-state index < -0.39 is 0 Å². The monoisotopic (exact) mass is 356 g/mol. The second-order valence-electron chi connectivity index (χ2n) is 5.02. The zero-order valence-electron chi connectivity index (χ0n) is 13.7. The lowest BCUT2D eigenvalue weighted by molar-refractivity contribution is 0.112. The second kappa shape index (κ2) is 7.80. The molecule has 3 aromatic rings. The molecule has 128 valence electrons. The van der Waals surface area contributed by atoms with Crippen LogP contribution in [0, 0.1) is 0 Å². The third-order valence-corrected chi connectivity index (χ3v) is 4.52. The molecular weight excluding hydrogens is 340 g/mol. The van der Waals surface area contributed by atoms with Crippen LogP contribution in [-0.4, -0.2) is 40.7 Å². The maximum absolute atomic E-state index is 11.0. The summed E-state index contributed by atoms with van der Waals surface area (Å²) in [6, 6.07) is 12.8. The standard InChI is InChI=1S/C17H16N4O3S/c1-23-15-8-7-12(10-22)9-13(15)11-25-17-18-19-20-21(17)14-5-3-4-6-16(14)24-2/h3-10H,11H2,1-2H3. The Hall–Kier alpha value is -2.87. The van der Waals surface area contributed by atoms with Gasteiger partial charge in [0.25, 0.3) is 0 Å². The number of methoxy groups -OCH3 is 2. The Balaban J connectivity index is 1.87.